The third kappa shape index (κ3) is 4.16. The third-order valence-electron chi connectivity index (χ3n) is 5.36. The summed E-state index contributed by atoms with van der Waals surface area (Å²) >= 11 is 0. The number of aromatic nitrogens is 2. The van der Waals surface area contributed by atoms with Crippen LogP contribution < -0.4 is 11.1 Å². The maximum absolute atomic E-state index is 13.2. The number of rotatable bonds is 6. The van der Waals surface area contributed by atoms with Gasteiger partial charge in [-0.3, -0.25) is 9.00 Å². The smallest absolute Gasteiger partial charge is 0.167 e. The van der Waals surface area contributed by atoms with Crippen LogP contribution in [-0.4, -0.2) is 31.0 Å². The van der Waals surface area contributed by atoms with Crippen molar-refractivity contribution in [2.75, 3.05) is 16.8 Å². The second-order valence-corrected chi connectivity index (χ2v) is 10.0. The fraction of sp³-hybridized carbons (Fsp3) is 0.304. The first-order valence-electron chi connectivity index (χ1n) is 10.1. The molecule has 0 spiro atoms. The lowest BCUT2D eigenvalue weighted by atomic mass is 9.87. The van der Waals surface area contributed by atoms with Crippen LogP contribution in [0.25, 0.3) is 11.3 Å². The summed E-state index contributed by atoms with van der Waals surface area (Å²) < 4.78 is 12.4. The second-order valence-electron chi connectivity index (χ2n) is 7.98. The molecule has 30 heavy (non-hydrogen) atoms. The van der Waals surface area contributed by atoms with Crippen LogP contribution in [0.2, 0.25) is 0 Å². The molecule has 4 N–H and O–H groups in total. The van der Waals surface area contributed by atoms with E-state index in [2.05, 4.69) is 15.3 Å². The number of para-hydroxylation sites is 1. The van der Waals surface area contributed by atoms with Gasteiger partial charge in [-0.25, -0.2) is 4.98 Å². The number of pyridine rings is 1. The largest absolute Gasteiger partial charge is 0.384 e. The molecular formula is C23H26N4O2S. The number of fused-ring (bicyclic) bond motifs is 1. The molecule has 4 rings (SSSR count). The number of aromatic amines is 1. The van der Waals surface area contributed by atoms with E-state index in [0.29, 0.717) is 30.0 Å². The van der Waals surface area contributed by atoms with E-state index in [1.54, 1.807) is 12.3 Å². The Bertz CT molecular complexity index is 1090. The predicted octanol–water partition coefficient (Wildman–Crippen LogP) is 4.30. The summed E-state index contributed by atoms with van der Waals surface area (Å²) in [4.78, 5) is 20.7. The first-order valence-corrected chi connectivity index (χ1v) is 11.5. The number of Topliss-reactive ketones (excluding diaryl/α,β-unsaturated/α-hetero) is 1. The number of hydrogen-bond acceptors (Lipinski definition) is 5. The molecule has 6 nitrogen and oxygen atoms in total. The molecule has 3 aromatic rings. The standard InChI is InChI=1S/C23H26N4O2S/c1-14(2)30(29)13-15-10-18-21(19(28)11-15)23(26-17-6-4-3-5-7-17)22(27-18)16-8-9-25-20(24)12-16/h3-9,12,14-15,26-27H,10-11,13H2,1-2H3,(H2,24,25)/t15?,30-/m0/s1. The maximum Gasteiger partial charge on any atom is 0.167 e. The quantitative estimate of drug-likeness (QED) is 0.550. The highest BCUT2D eigenvalue weighted by Gasteiger charge is 2.32. The number of hydrogen-bond donors (Lipinski definition) is 3. The molecule has 0 fully saturated rings. The molecule has 0 amide bonds. The van der Waals surface area contributed by atoms with Crippen molar-refractivity contribution in [1.82, 2.24) is 9.97 Å². The van der Waals surface area contributed by atoms with Crippen LogP contribution in [-0.2, 0) is 17.2 Å². The SMILES string of the molecule is CC(C)[S@@](=O)CC1CC(=O)c2c([nH]c(-c3ccnc(N)c3)c2Nc2ccccc2)C1. The lowest BCUT2D eigenvalue weighted by Gasteiger charge is -2.22. The maximum atomic E-state index is 13.2. The first-order chi connectivity index (χ1) is 14.4. The number of ketones is 1. The van der Waals surface area contributed by atoms with E-state index in [-0.39, 0.29) is 17.0 Å². The van der Waals surface area contributed by atoms with Crippen LogP contribution in [0.3, 0.4) is 0 Å². The van der Waals surface area contributed by atoms with Gasteiger partial charge < -0.3 is 16.0 Å². The van der Waals surface area contributed by atoms with E-state index in [0.717, 1.165) is 28.3 Å². The molecule has 2 atom stereocenters. The van der Waals surface area contributed by atoms with Crippen molar-refractivity contribution in [2.24, 2.45) is 5.92 Å². The zero-order chi connectivity index (χ0) is 21.3. The molecule has 0 saturated heterocycles. The van der Waals surface area contributed by atoms with Crippen LogP contribution in [0.1, 0.15) is 36.3 Å². The van der Waals surface area contributed by atoms with E-state index < -0.39 is 10.8 Å². The molecule has 1 aliphatic carbocycles. The fourth-order valence-corrected chi connectivity index (χ4v) is 4.98. The third-order valence-corrected chi connectivity index (χ3v) is 7.21. The van der Waals surface area contributed by atoms with Crippen molar-refractivity contribution in [2.45, 2.75) is 31.9 Å². The number of nitrogens with one attached hydrogen (secondary N) is 2. The molecule has 2 heterocycles. The van der Waals surface area contributed by atoms with Gasteiger partial charge in [-0.1, -0.05) is 32.0 Å². The van der Waals surface area contributed by atoms with Gasteiger partial charge in [0.15, 0.2) is 5.78 Å². The Labute approximate surface area is 178 Å². The predicted molar refractivity (Wildman–Crippen MR) is 122 cm³/mol. The minimum absolute atomic E-state index is 0.0740. The van der Waals surface area contributed by atoms with Crippen LogP contribution in [0.5, 0.6) is 0 Å². The summed E-state index contributed by atoms with van der Waals surface area (Å²) in [6.45, 7) is 3.91. The Morgan fingerprint density at radius 1 is 1.23 bits per heavy atom. The van der Waals surface area contributed by atoms with Gasteiger partial charge in [0.1, 0.15) is 5.82 Å². The minimum Gasteiger partial charge on any atom is -0.384 e. The summed E-state index contributed by atoms with van der Waals surface area (Å²) in [5, 5.41) is 3.52. The van der Waals surface area contributed by atoms with Crippen molar-refractivity contribution in [3.8, 4) is 11.3 Å². The summed E-state index contributed by atoms with van der Waals surface area (Å²) in [5.74, 6) is 1.11. The summed E-state index contributed by atoms with van der Waals surface area (Å²) in [6, 6.07) is 13.4. The zero-order valence-electron chi connectivity index (χ0n) is 17.1. The van der Waals surface area contributed by atoms with E-state index >= 15 is 0 Å². The number of anilines is 3. The molecule has 1 aliphatic rings. The number of carbonyl (C=O) groups excluding carboxylic acids is 1. The average molecular weight is 423 g/mol. The lowest BCUT2D eigenvalue weighted by molar-refractivity contribution is 0.0955. The Balaban J connectivity index is 1.76. The van der Waals surface area contributed by atoms with Crippen LogP contribution in [0.4, 0.5) is 17.2 Å². The van der Waals surface area contributed by atoms with Crippen LogP contribution >= 0.6 is 0 Å². The van der Waals surface area contributed by atoms with E-state index in [1.807, 2.05) is 50.2 Å². The van der Waals surface area contributed by atoms with Gasteiger partial charge in [-0.2, -0.15) is 0 Å². The lowest BCUT2D eigenvalue weighted by Crippen LogP contribution is -2.26. The van der Waals surface area contributed by atoms with Crippen molar-refractivity contribution in [3.63, 3.8) is 0 Å². The Morgan fingerprint density at radius 3 is 2.70 bits per heavy atom. The number of nitrogens with two attached hydrogens (primary N) is 1. The van der Waals surface area contributed by atoms with Crippen LogP contribution in [0, 0.1) is 5.92 Å². The molecule has 2 aromatic heterocycles. The number of benzene rings is 1. The van der Waals surface area contributed by atoms with Gasteiger partial charge in [-0.05, 0) is 36.6 Å². The average Bonchev–Trinajstić information content (AvgIpc) is 3.07. The molecule has 0 saturated carbocycles. The summed E-state index contributed by atoms with van der Waals surface area (Å²) in [6.07, 6.45) is 2.77. The Kier molecular flexibility index (Phi) is 5.72. The van der Waals surface area contributed by atoms with Gasteiger partial charge in [0, 0.05) is 51.4 Å². The van der Waals surface area contributed by atoms with Gasteiger partial charge in [0.2, 0.25) is 0 Å². The van der Waals surface area contributed by atoms with Gasteiger partial charge >= 0.3 is 0 Å². The first kappa shape index (κ1) is 20.3. The van der Waals surface area contributed by atoms with Crippen molar-refractivity contribution >= 4 is 33.8 Å². The van der Waals surface area contributed by atoms with Crippen molar-refractivity contribution in [3.05, 3.63) is 59.9 Å². The van der Waals surface area contributed by atoms with E-state index in [4.69, 9.17) is 5.73 Å². The molecule has 7 heteroatoms. The number of nitrogen functional groups attached to an aromatic ring is 1. The van der Waals surface area contributed by atoms with Crippen molar-refractivity contribution < 1.29 is 9.00 Å². The molecule has 0 bridgehead atoms. The van der Waals surface area contributed by atoms with Gasteiger partial charge in [0.05, 0.1) is 16.9 Å². The molecule has 1 unspecified atom stereocenters. The molecule has 1 aromatic carbocycles. The molecule has 156 valence electrons. The number of carbonyl (C=O) groups is 1. The normalized spacial score (nSPS) is 17.0. The number of H-pyrrole nitrogens is 1. The highest BCUT2D eigenvalue weighted by Crippen LogP contribution is 2.40. The van der Waals surface area contributed by atoms with Gasteiger partial charge in [0.25, 0.3) is 0 Å². The zero-order valence-corrected chi connectivity index (χ0v) is 18.0. The Morgan fingerprint density at radius 2 is 2.00 bits per heavy atom. The molecular weight excluding hydrogens is 396 g/mol. The molecule has 0 aliphatic heterocycles. The van der Waals surface area contributed by atoms with Gasteiger partial charge in [-0.15, -0.1) is 0 Å². The minimum atomic E-state index is -0.937. The highest BCUT2D eigenvalue weighted by molar-refractivity contribution is 7.85. The van der Waals surface area contributed by atoms with Crippen LogP contribution in [0.15, 0.2) is 48.7 Å². The fourth-order valence-electron chi connectivity index (χ4n) is 3.89. The molecule has 0 radical (unpaired) electrons. The van der Waals surface area contributed by atoms with Crippen molar-refractivity contribution in [1.29, 1.82) is 0 Å². The topological polar surface area (TPSA) is 101 Å². The van der Waals surface area contributed by atoms with E-state index in [1.165, 1.54) is 0 Å². The second kappa shape index (κ2) is 8.44. The summed E-state index contributed by atoms with van der Waals surface area (Å²) in [7, 11) is -0.937. The summed E-state index contributed by atoms with van der Waals surface area (Å²) in [5.41, 5.74) is 10.8. The highest BCUT2D eigenvalue weighted by atomic mass is 32.2. The monoisotopic (exact) mass is 422 g/mol. The van der Waals surface area contributed by atoms with E-state index in [9.17, 15) is 9.00 Å². The Hall–Kier alpha value is -2.93. The number of nitrogens with zero attached hydrogens (tertiary/aromatic N) is 1.